The van der Waals surface area contributed by atoms with Gasteiger partial charge in [0.15, 0.2) is 0 Å². The van der Waals surface area contributed by atoms with Crippen molar-refractivity contribution >= 4 is 11.9 Å². The maximum Gasteiger partial charge on any atom is 0.345 e. The second kappa shape index (κ2) is 5.73. The Hall–Kier alpha value is -1.06. The number of nitrogens with zero attached hydrogens (tertiary/aromatic N) is 2. The third-order valence-electron chi connectivity index (χ3n) is 2.86. The third kappa shape index (κ3) is 2.94. The van der Waals surface area contributed by atoms with Crippen LogP contribution in [0.3, 0.4) is 0 Å². The van der Waals surface area contributed by atoms with Crippen LogP contribution in [0.15, 0.2) is 4.99 Å². The Kier molecular flexibility index (Phi) is 4.59. The zero-order valence-corrected chi connectivity index (χ0v) is 9.70. The van der Waals surface area contributed by atoms with E-state index in [-0.39, 0.29) is 12.1 Å². The molecule has 0 saturated heterocycles. The van der Waals surface area contributed by atoms with Crippen LogP contribution in [0.5, 0.6) is 0 Å². The third-order valence-corrected chi connectivity index (χ3v) is 2.86. The van der Waals surface area contributed by atoms with E-state index >= 15 is 0 Å². The van der Waals surface area contributed by atoms with Gasteiger partial charge in [-0.2, -0.15) is 4.99 Å². The number of likely N-dealkylation sites (N-methyl/N-ethyl adjacent to an activating group) is 1. The second-order valence-electron chi connectivity index (χ2n) is 3.97. The van der Waals surface area contributed by atoms with Crippen LogP contribution in [0.25, 0.3) is 0 Å². The van der Waals surface area contributed by atoms with Gasteiger partial charge in [0, 0.05) is 6.54 Å². The van der Waals surface area contributed by atoms with Gasteiger partial charge in [0.25, 0.3) is 0 Å². The molecule has 2 amide bonds. The normalized spacial score (nSPS) is 20.9. The molecule has 0 radical (unpaired) electrons. The molecule has 4 nitrogen and oxygen atoms in total. The smallest absolute Gasteiger partial charge is 0.345 e. The van der Waals surface area contributed by atoms with Gasteiger partial charge in [-0.15, -0.1) is 0 Å². The Morgan fingerprint density at radius 2 is 2.07 bits per heavy atom. The average Bonchev–Trinajstić information content (AvgIpc) is 2.48. The van der Waals surface area contributed by atoms with E-state index in [2.05, 4.69) is 11.9 Å². The summed E-state index contributed by atoms with van der Waals surface area (Å²) in [5.41, 5.74) is 5.74. The van der Waals surface area contributed by atoms with Crippen molar-refractivity contribution in [1.82, 2.24) is 4.90 Å². The quantitative estimate of drug-likeness (QED) is 0.684. The van der Waals surface area contributed by atoms with Crippen molar-refractivity contribution in [3.63, 3.8) is 0 Å². The van der Waals surface area contributed by atoms with Gasteiger partial charge in [-0.25, -0.2) is 4.79 Å². The minimum absolute atomic E-state index is 0.0550. The van der Waals surface area contributed by atoms with E-state index < -0.39 is 0 Å². The van der Waals surface area contributed by atoms with Crippen molar-refractivity contribution in [2.45, 2.75) is 52.0 Å². The Labute approximate surface area is 91.5 Å². The molecule has 1 atom stereocenters. The summed E-state index contributed by atoms with van der Waals surface area (Å²) >= 11 is 0. The monoisotopic (exact) mass is 211 g/mol. The summed E-state index contributed by atoms with van der Waals surface area (Å²) in [5.74, 6) is 0.498. The van der Waals surface area contributed by atoms with E-state index in [1.165, 1.54) is 19.3 Å². The number of unbranched alkanes of at least 4 members (excludes halogenated alkanes) is 3. The molecule has 1 aliphatic heterocycles. The summed E-state index contributed by atoms with van der Waals surface area (Å²) in [5, 5.41) is 0. The number of urea groups is 1. The molecule has 0 saturated carbocycles. The molecular weight excluding hydrogens is 190 g/mol. The summed E-state index contributed by atoms with van der Waals surface area (Å²) in [6, 6.07) is -0.116. The van der Waals surface area contributed by atoms with Gasteiger partial charge in [0.2, 0.25) is 0 Å². The predicted octanol–water partition coefficient (Wildman–Crippen LogP) is 2.14. The number of hydrogen-bond donors (Lipinski definition) is 1. The van der Waals surface area contributed by atoms with Crippen LogP contribution < -0.4 is 5.73 Å². The van der Waals surface area contributed by atoms with Crippen LogP contribution in [0, 0.1) is 0 Å². The molecule has 1 aliphatic rings. The fraction of sp³-hybridized carbons (Fsp3) is 0.818. The van der Waals surface area contributed by atoms with E-state index in [9.17, 15) is 4.79 Å². The predicted molar refractivity (Wildman–Crippen MR) is 61.9 cm³/mol. The van der Waals surface area contributed by atoms with Gasteiger partial charge in [0.1, 0.15) is 5.84 Å². The SMILES string of the molecule is CCCCCCC1C(N)=NC(=O)N1CC. The lowest BCUT2D eigenvalue weighted by molar-refractivity contribution is 0.206. The van der Waals surface area contributed by atoms with Crippen LogP contribution >= 0.6 is 0 Å². The van der Waals surface area contributed by atoms with E-state index in [1.807, 2.05) is 6.92 Å². The molecule has 1 heterocycles. The lowest BCUT2D eigenvalue weighted by atomic mass is 10.1. The van der Waals surface area contributed by atoms with E-state index in [1.54, 1.807) is 4.90 Å². The summed E-state index contributed by atoms with van der Waals surface area (Å²) in [6.07, 6.45) is 5.77. The van der Waals surface area contributed by atoms with Gasteiger partial charge in [-0.1, -0.05) is 32.6 Å². The van der Waals surface area contributed by atoms with E-state index in [0.29, 0.717) is 12.4 Å². The second-order valence-corrected chi connectivity index (χ2v) is 3.97. The first kappa shape index (κ1) is 12.0. The zero-order chi connectivity index (χ0) is 11.3. The van der Waals surface area contributed by atoms with Gasteiger partial charge in [-0.3, -0.25) is 0 Å². The van der Waals surface area contributed by atoms with Crippen LogP contribution in [-0.4, -0.2) is 29.4 Å². The number of carbonyl (C=O) groups excluding carboxylic acids is 1. The largest absolute Gasteiger partial charge is 0.385 e. The number of rotatable bonds is 6. The average molecular weight is 211 g/mol. The highest BCUT2D eigenvalue weighted by Crippen LogP contribution is 2.17. The van der Waals surface area contributed by atoms with Crippen LogP contribution in [0.2, 0.25) is 0 Å². The van der Waals surface area contributed by atoms with Gasteiger partial charge < -0.3 is 10.6 Å². The molecule has 4 heteroatoms. The number of amides is 2. The zero-order valence-electron chi connectivity index (χ0n) is 9.70. The van der Waals surface area contributed by atoms with Crippen molar-refractivity contribution in [1.29, 1.82) is 0 Å². The topological polar surface area (TPSA) is 58.7 Å². The van der Waals surface area contributed by atoms with Crippen LogP contribution in [0.1, 0.15) is 46.0 Å². The standard InChI is InChI=1S/C11H21N3O/c1-3-5-6-7-8-9-10(12)13-11(15)14(9)4-2/h9H,3-8H2,1-2H3,(H2,12,13,15). The van der Waals surface area contributed by atoms with Gasteiger partial charge >= 0.3 is 6.03 Å². The lowest BCUT2D eigenvalue weighted by Crippen LogP contribution is -2.40. The first-order valence-corrected chi connectivity index (χ1v) is 5.85. The van der Waals surface area contributed by atoms with Crippen molar-refractivity contribution in [2.75, 3.05) is 6.54 Å². The highest BCUT2D eigenvalue weighted by molar-refractivity contribution is 6.02. The highest BCUT2D eigenvalue weighted by atomic mass is 16.2. The highest BCUT2D eigenvalue weighted by Gasteiger charge is 2.31. The summed E-state index contributed by atoms with van der Waals surface area (Å²) in [6.45, 7) is 4.85. The first-order valence-electron chi connectivity index (χ1n) is 5.85. The Balaban J connectivity index is 2.39. The van der Waals surface area contributed by atoms with Crippen molar-refractivity contribution in [3.05, 3.63) is 0 Å². The lowest BCUT2D eigenvalue weighted by Gasteiger charge is -2.22. The molecule has 0 fully saturated rings. The minimum atomic E-state index is -0.171. The molecular formula is C11H21N3O. The molecule has 0 aliphatic carbocycles. The van der Waals surface area contributed by atoms with Gasteiger partial charge in [0.05, 0.1) is 6.04 Å². The number of carbonyl (C=O) groups is 1. The first-order chi connectivity index (χ1) is 7.20. The molecule has 2 N–H and O–H groups in total. The molecule has 1 rings (SSSR count). The molecule has 0 aromatic rings. The van der Waals surface area contributed by atoms with Crippen LogP contribution in [-0.2, 0) is 0 Å². The van der Waals surface area contributed by atoms with Gasteiger partial charge in [-0.05, 0) is 13.3 Å². The maximum atomic E-state index is 11.4. The fourth-order valence-corrected chi connectivity index (χ4v) is 1.97. The van der Waals surface area contributed by atoms with Crippen molar-refractivity contribution < 1.29 is 4.79 Å². The number of nitrogens with two attached hydrogens (primary N) is 1. The summed E-state index contributed by atoms with van der Waals surface area (Å²) in [7, 11) is 0. The van der Waals surface area contributed by atoms with Crippen molar-refractivity contribution in [2.24, 2.45) is 10.7 Å². The Morgan fingerprint density at radius 1 is 1.33 bits per heavy atom. The maximum absolute atomic E-state index is 11.4. The fourth-order valence-electron chi connectivity index (χ4n) is 1.97. The number of aliphatic imine (C=N–C) groups is 1. The van der Waals surface area contributed by atoms with Crippen LogP contribution in [0.4, 0.5) is 4.79 Å². The molecule has 0 bridgehead atoms. The number of amidine groups is 1. The van der Waals surface area contributed by atoms with Crippen molar-refractivity contribution in [3.8, 4) is 0 Å². The summed E-state index contributed by atoms with van der Waals surface area (Å²) in [4.78, 5) is 16.9. The minimum Gasteiger partial charge on any atom is -0.385 e. The molecule has 0 aromatic heterocycles. The molecule has 1 unspecified atom stereocenters. The molecule has 0 aromatic carbocycles. The molecule has 15 heavy (non-hydrogen) atoms. The molecule has 0 spiro atoms. The number of hydrogen-bond acceptors (Lipinski definition) is 2. The van der Waals surface area contributed by atoms with E-state index in [0.717, 1.165) is 12.8 Å². The Bertz CT molecular complexity index is 250. The molecule has 86 valence electrons. The Morgan fingerprint density at radius 3 is 2.67 bits per heavy atom. The van der Waals surface area contributed by atoms with E-state index in [4.69, 9.17) is 5.73 Å². The summed E-state index contributed by atoms with van der Waals surface area (Å²) < 4.78 is 0.